The molecule has 25 heavy (non-hydrogen) atoms. The van der Waals surface area contributed by atoms with E-state index in [1.54, 1.807) is 24.3 Å². The van der Waals surface area contributed by atoms with Crippen LogP contribution in [0.1, 0.15) is 64.4 Å². The summed E-state index contributed by atoms with van der Waals surface area (Å²) in [6, 6.07) is 6.43. The van der Waals surface area contributed by atoms with Gasteiger partial charge in [0, 0.05) is 11.1 Å². The number of benzene rings is 1. The lowest BCUT2D eigenvalue weighted by Gasteiger charge is -2.45. The molecular formula is C21H30F2OSi. The molecule has 0 bridgehead atoms. The van der Waals surface area contributed by atoms with Crippen molar-refractivity contribution < 1.29 is 13.6 Å². The van der Waals surface area contributed by atoms with E-state index in [4.69, 9.17) is 0 Å². The van der Waals surface area contributed by atoms with Gasteiger partial charge in [0.2, 0.25) is 0 Å². The SMILES string of the molecule is C=C(C(=C(F)F)c1ccc(C(C)=O)cc1)[Si](C(C)C)(C(C)C)C(C)C. The van der Waals surface area contributed by atoms with Gasteiger partial charge in [-0.1, -0.05) is 77.6 Å². The fourth-order valence-corrected chi connectivity index (χ4v) is 11.3. The molecular weight excluding hydrogens is 334 g/mol. The van der Waals surface area contributed by atoms with E-state index in [2.05, 4.69) is 48.1 Å². The van der Waals surface area contributed by atoms with Crippen molar-refractivity contribution in [2.24, 2.45) is 0 Å². The Bertz CT molecular complexity index is 644. The van der Waals surface area contributed by atoms with Gasteiger partial charge in [-0.2, -0.15) is 8.78 Å². The highest BCUT2D eigenvalue weighted by Gasteiger charge is 2.46. The molecule has 0 spiro atoms. The summed E-state index contributed by atoms with van der Waals surface area (Å²) in [5.74, 6) is -0.0770. The summed E-state index contributed by atoms with van der Waals surface area (Å²) in [5.41, 5.74) is 1.82. The van der Waals surface area contributed by atoms with Gasteiger partial charge in [0.1, 0.15) is 0 Å². The molecule has 4 heteroatoms. The molecule has 0 saturated carbocycles. The Labute approximate surface area is 151 Å². The zero-order valence-electron chi connectivity index (χ0n) is 16.4. The van der Waals surface area contributed by atoms with Crippen LogP contribution in [0.3, 0.4) is 0 Å². The predicted octanol–water partition coefficient (Wildman–Crippen LogP) is 7.27. The Hall–Kier alpha value is -1.55. The Balaban J connectivity index is 3.56. The first kappa shape index (κ1) is 21.5. The molecule has 0 atom stereocenters. The van der Waals surface area contributed by atoms with Gasteiger partial charge in [0.25, 0.3) is 6.08 Å². The number of Topliss-reactive ketones (excluding diaryl/α,β-unsaturated/α-hetero) is 1. The lowest BCUT2D eigenvalue weighted by Crippen LogP contribution is -2.47. The van der Waals surface area contributed by atoms with Crippen LogP contribution in [0, 0.1) is 0 Å². The van der Waals surface area contributed by atoms with Crippen molar-refractivity contribution in [3.05, 3.63) is 53.2 Å². The molecule has 0 aromatic heterocycles. The molecule has 0 aliphatic carbocycles. The molecule has 1 aromatic carbocycles. The minimum absolute atomic E-state index is 0.0298. The third kappa shape index (κ3) is 4.00. The van der Waals surface area contributed by atoms with E-state index in [1.165, 1.54) is 6.92 Å². The van der Waals surface area contributed by atoms with Crippen LogP contribution < -0.4 is 0 Å². The highest BCUT2D eigenvalue weighted by molar-refractivity contribution is 6.91. The van der Waals surface area contributed by atoms with Crippen molar-refractivity contribution >= 4 is 19.4 Å². The van der Waals surface area contributed by atoms with Gasteiger partial charge in [-0.05, 0) is 29.1 Å². The number of rotatable bonds is 7. The average molecular weight is 365 g/mol. The van der Waals surface area contributed by atoms with Gasteiger partial charge >= 0.3 is 0 Å². The summed E-state index contributed by atoms with van der Waals surface area (Å²) >= 11 is 0. The largest absolute Gasteiger partial charge is 0.295 e. The number of hydrogen-bond acceptors (Lipinski definition) is 1. The smallest absolute Gasteiger partial charge is 0.277 e. The summed E-state index contributed by atoms with van der Waals surface area (Å²) < 4.78 is 28.0. The van der Waals surface area contributed by atoms with Crippen LogP contribution in [-0.2, 0) is 0 Å². The fourth-order valence-electron chi connectivity index (χ4n) is 4.53. The molecule has 0 amide bonds. The maximum Gasteiger partial charge on any atom is 0.277 e. The number of ketones is 1. The third-order valence-corrected chi connectivity index (χ3v) is 12.5. The Kier molecular flexibility index (Phi) is 7.06. The van der Waals surface area contributed by atoms with Gasteiger partial charge in [-0.3, -0.25) is 4.79 Å². The molecule has 0 N–H and O–H groups in total. The summed E-state index contributed by atoms with van der Waals surface area (Å²) in [7, 11) is -2.27. The molecule has 0 aliphatic rings. The lowest BCUT2D eigenvalue weighted by atomic mass is 10.0. The van der Waals surface area contributed by atoms with Crippen molar-refractivity contribution in [2.75, 3.05) is 0 Å². The van der Waals surface area contributed by atoms with E-state index in [-0.39, 0.29) is 11.4 Å². The van der Waals surface area contributed by atoms with E-state index in [0.717, 1.165) is 0 Å². The minimum atomic E-state index is -2.27. The van der Waals surface area contributed by atoms with Crippen LogP contribution in [-0.4, -0.2) is 13.9 Å². The third-order valence-electron chi connectivity index (χ3n) is 5.46. The first-order chi connectivity index (χ1) is 11.5. The fraction of sp³-hybridized carbons (Fsp3) is 0.476. The Morgan fingerprint density at radius 2 is 1.24 bits per heavy atom. The molecule has 0 saturated heterocycles. The molecule has 1 aromatic rings. The maximum atomic E-state index is 14.0. The molecule has 1 rings (SSSR count). The standard InChI is InChI=1S/C21H30F2OSi/c1-13(2)25(14(3)4,15(5)6)17(8)20(21(22)23)19-11-9-18(10-12-19)16(7)24/h9-15H,8H2,1-7H3. The summed E-state index contributed by atoms with van der Waals surface area (Å²) in [4.78, 5) is 11.5. The van der Waals surface area contributed by atoms with Crippen molar-refractivity contribution in [3.8, 4) is 0 Å². The maximum absolute atomic E-state index is 14.0. The van der Waals surface area contributed by atoms with E-state index >= 15 is 0 Å². The zero-order valence-corrected chi connectivity index (χ0v) is 17.4. The molecule has 0 fully saturated rings. The second-order valence-electron chi connectivity index (χ2n) is 7.64. The quantitative estimate of drug-likeness (QED) is 0.282. The molecule has 138 valence electrons. The lowest BCUT2D eigenvalue weighted by molar-refractivity contribution is 0.101. The van der Waals surface area contributed by atoms with Gasteiger partial charge in [-0.15, -0.1) is 0 Å². The highest BCUT2D eigenvalue weighted by atomic mass is 28.3. The first-order valence-electron chi connectivity index (χ1n) is 8.84. The number of carbonyl (C=O) groups excluding carboxylic acids is 1. The minimum Gasteiger partial charge on any atom is -0.295 e. The molecule has 1 nitrogen and oxygen atoms in total. The van der Waals surface area contributed by atoms with Crippen LogP contribution in [0.5, 0.6) is 0 Å². The van der Waals surface area contributed by atoms with Crippen LogP contribution in [0.15, 0.2) is 42.1 Å². The van der Waals surface area contributed by atoms with Crippen molar-refractivity contribution in [3.63, 3.8) is 0 Å². The van der Waals surface area contributed by atoms with E-state index < -0.39 is 14.2 Å². The summed E-state index contributed by atoms with van der Waals surface area (Å²) in [6.45, 7) is 18.4. The van der Waals surface area contributed by atoms with E-state index in [1.807, 2.05) is 0 Å². The van der Waals surface area contributed by atoms with E-state index in [9.17, 15) is 13.6 Å². The molecule has 0 unspecified atom stereocenters. The van der Waals surface area contributed by atoms with Gasteiger partial charge < -0.3 is 0 Å². The molecule has 0 aliphatic heterocycles. The van der Waals surface area contributed by atoms with Gasteiger partial charge in [0.05, 0.1) is 8.07 Å². The summed E-state index contributed by atoms with van der Waals surface area (Å²) in [5, 5.41) is 0.614. The zero-order chi connectivity index (χ0) is 19.5. The normalized spacial score (nSPS) is 12.0. The number of allylic oxidation sites excluding steroid dienone is 2. The van der Waals surface area contributed by atoms with Gasteiger partial charge in [0.15, 0.2) is 5.78 Å². The summed E-state index contributed by atoms with van der Waals surface area (Å²) in [6.07, 6.45) is -1.69. The van der Waals surface area contributed by atoms with E-state index in [0.29, 0.717) is 32.9 Å². The average Bonchev–Trinajstić information content (AvgIpc) is 2.46. The van der Waals surface area contributed by atoms with Gasteiger partial charge in [-0.25, -0.2) is 0 Å². The molecule has 0 heterocycles. The second-order valence-corrected chi connectivity index (χ2v) is 13.6. The van der Waals surface area contributed by atoms with Crippen LogP contribution in [0.2, 0.25) is 16.6 Å². The number of halogens is 2. The predicted molar refractivity (Wildman–Crippen MR) is 106 cm³/mol. The Morgan fingerprint density at radius 1 is 0.880 bits per heavy atom. The van der Waals surface area contributed by atoms with Crippen LogP contribution in [0.4, 0.5) is 8.78 Å². The topological polar surface area (TPSA) is 17.1 Å². The highest BCUT2D eigenvalue weighted by Crippen LogP contribution is 2.50. The molecule has 0 radical (unpaired) electrons. The number of hydrogen-bond donors (Lipinski definition) is 0. The van der Waals surface area contributed by atoms with Crippen molar-refractivity contribution in [1.82, 2.24) is 0 Å². The Morgan fingerprint density at radius 3 is 1.52 bits per heavy atom. The van der Waals surface area contributed by atoms with Crippen LogP contribution >= 0.6 is 0 Å². The monoisotopic (exact) mass is 364 g/mol. The van der Waals surface area contributed by atoms with Crippen LogP contribution in [0.25, 0.3) is 5.57 Å². The van der Waals surface area contributed by atoms with Crippen molar-refractivity contribution in [2.45, 2.75) is 65.1 Å². The van der Waals surface area contributed by atoms with Crippen molar-refractivity contribution in [1.29, 1.82) is 0 Å². The number of carbonyl (C=O) groups is 1. The second kappa shape index (κ2) is 8.22. The first-order valence-corrected chi connectivity index (χ1v) is 11.1.